The standard InChI is InChI=1S/C12H17NO3/c1-3-9(7-14)13-12(16)11-5-4-10(15)6-8(11)2/h4-6,9,14-15H,3,7H2,1-2H3,(H,13,16). The zero-order valence-corrected chi connectivity index (χ0v) is 9.53. The third-order valence-electron chi connectivity index (χ3n) is 2.50. The van der Waals surface area contributed by atoms with Crippen molar-refractivity contribution in [3.8, 4) is 5.75 Å². The Hall–Kier alpha value is -1.55. The summed E-state index contributed by atoms with van der Waals surface area (Å²) in [5.74, 6) is -0.0818. The van der Waals surface area contributed by atoms with Crippen molar-refractivity contribution in [3.05, 3.63) is 29.3 Å². The Bertz CT molecular complexity index is 373. The predicted molar refractivity (Wildman–Crippen MR) is 61.5 cm³/mol. The number of carbonyl (C=O) groups is 1. The van der Waals surface area contributed by atoms with Gasteiger partial charge in [0, 0.05) is 5.56 Å². The zero-order chi connectivity index (χ0) is 12.1. The molecule has 1 aromatic carbocycles. The molecule has 0 aliphatic heterocycles. The normalized spacial score (nSPS) is 12.2. The minimum absolute atomic E-state index is 0.0701. The molecule has 16 heavy (non-hydrogen) atoms. The number of phenols is 1. The van der Waals surface area contributed by atoms with Crippen LogP contribution in [0.15, 0.2) is 18.2 Å². The van der Waals surface area contributed by atoms with Gasteiger partial charge in [-0.05, 0) is 37.1 Å². The van der Waals surface area contributed by atoms with E-state index in [9.17, 15) is 9.90 Å². The Morgan fingerprint density at radius 3 is 2.69 bits per heavy atom. The molecule has 0 aromatic heterocycles. The summed E-state index contributed by atoms with van der Waals surface area (Å²) in [5.41, 5.74) is 1.23. The molecule has 1 atom stereocenters. The lowest BCUT2D eigenvalue weighted by Crippen LogP contribution is -2.37. The highest BCUT2D eigenvalue weighted by atomic mass is 16.3. The van der Waals surface area contributed by atoms with Crippen molar-refractivity contribution in [2.24, 2.45) is 0 Å². The Morgan fingerprint density at radius 2 is 2.19 bits per heavy atom. The molecule has 0 saturated heterocycles. The van der Waals surface area contributed by atoms with E-state index in [1.165, 1.54) is 12.1 Å². The first kappa shape index (κ1) is 12.5. The number of hydrogen-bond donors (Lipinski definition) is 3. The smallest absolute Gasteiger partial charge is 0.251 e. The molecule has 1 aromatic rings. The van der Waals surface area contributed by atoms with E-state index in [-0.39, 0.29) is 24.3 Å². The lowest BCUT2D eigenvalue weighted by atomic mass is 10.1. The topological polar surface area (TPSA) is 69.6 Å². The number of nitrogens with one attached hydrogen (secondary N) is 1. The molecule has 0 heterocycles. The molecule has 1 unspecified atom stereocenters. The van der Waals surface area contributed by atoms with Crippen molar-refractivity contribution >= 4 is 5.91 Å². The highest BCUT2D eigenvalue weighted by Gasteiger charge is 2.13. The maximum atomic E-state index is 11.8. The number of hydrogen-bond acceptors (Lipinski definition) is 3. The predicted octanol–water partition coefficient (Wildman–Crippen LogP) is 1.20. The van der Waals surface area contributed by atoms with Gasteiger partial charge in [0.1, 0.15) is 5.75 Å². The van der Waals surface area contributed by atoms with Crippen LogP contribution in [0.25, 0.3) is 0 Å². The van der Waals surface area contributed by atoms with Crippen molar-refractivity contribution in [3.63, 3.8) is 0 Å². The monoisotopic (exact) mass is 223 g/mol. The average molecular weight is 223 g/mol. The molecule has 3 N–H and O–H groups in total. The lowest BCUT2D eigenvalue weighted by molar-refractivity contribution is 0.0914. The van der Waals surface area contributed by atoms with Crippen LogP contribution < -0.4 is 5.32 Å². The summed E-state index contributed by atoms with van der Waals surface area (Å²) in [6.45, 7) is 3.58. The van der Waals surface area contributed by atoms with Crippen LogP contribution in [-0.4, -0.2) is 28.8 Å². The zero-order valence-electron chi connectivity index (χ0n) is 9.53. The number of amides is 1. The van der Waals surface area contributed by atoms with Crippen molar-refractivity contribution in [2.45, 2.75) is 26.3 Å². The van der Waals surface area contributed by atoms with Gasteiger partial charge in [0.2, 0.25) is 0 Å². The fourth-order valence-corrected chi connectivity index (χ4v) is 1.44. The quantitative estimate of drug-likeness (QED) is 0.718. The van der Waals surface area contributed by atoms with E-state index in [1.54, 1.807) is 13.0 Å². The van der Waals surface area contributed by atoms with Crippen LogP contribution in [0.4, 0.5) is 0 Å². The number of benzene rings is 1. The van der Waals surface area contributed by atoms with Gasteiger partial charge < -0.3 is 15.5 Å². The van der Waals surface area contributed by atoms with Gasteiger partial charge in [-0.25, -0.2) is 0 Å². The molecule has 88 valence electrons. The van der Waals surface area contributed by atoms with E-state index in [0.29, 0.717) is 17.5 Å². The van der Waals surface area contributed by atoms with Crippen molar-refractivity contribution in [2.75, 3.05) is 6.61 Å². The Morgan fingerprint density at radius 1 is 1.50 bits per heavy atom. The second-order valence-electron chi connectivity index (χ2n) is 3.76. The van der Waals surface area contributed by atoms with Crippen LogP contribution in [0.2, 0.25) is 0 Å². The summed E-state index contributed by atoms with van der Waals surface area (Å²) in [6, 6.07) is 4.36. The molecule has 0 aliphatic rings. The third-order valence-corrected chi connectivity index (χ3v) is 2.50. The Kier molecular flexibility index (Phi) is 4.31. The van der Waals surface area contributed by atoms with Crippen molar-refractivity contribution < 1.29 is 15.0 Å². The number of carbonyl (C=O) groups excluding carboxylic acids is 1. The number of aromatic hydroxyl groups is 1. The van der Waals surface area contributed by atoms with Gasteiger partial charge in [-0.1, -0.05) is 6.92 Å². The first-order valence-corrected chi connectivity index (χ1v) is 5.29. The van der Waals surface area contributed by atoms with Gasteiger partial charge in [0.15, 0.2) is 0 Å². The van der Waals surface area contributed by atoms with Crippen LogP contribution in [0.3, 0.4) is 0 Å². The second kappa shape index (κ2) is 5.51. The summed E-state index contributed by atoms with van der Waals surface area (Å²) >= 11 is 0. The molecule has 4 nitrogen and oxygen atoms in total. The second-order valence-corrected chi connectivity index (χ2v) is 3.76. The third kappa shape index (κ3) is 2.97. The molecule has 0 aliphatic carbocycles. The summed E-state index contributed by atoms with van der Waals surface area (Å²) in [5, 5.41) is 20.9. The number of aryl methyl sites for hydroxylation is 1. The van der Waals surface area contributed by atoms with Crippen LogP contribution in [0.5, 0.6) is 5.75 Å². The van der Waals surface area contributed by atoms with E-state index in [0.717, 1.165) is 0 Å². The lowest BCUT2D eigenvalue weighted by Gasteiger charge is -2.15. The SMILES string of the molecule is CCC(CO)NC(=O)c1ccc(O)cc1C. The minimum atomic E-state index is -0.224. The summed E-state index contributed by atoms with van der Waals surface area (Å²) in [4.78, 5) is 11.8. The van der Waals surface area contributed by atoms with E-state index in [2.05, 4.69) is 5.32 Å². The number of rotatable bonds is 4. The fraction of sp³-hybridized carbons (Fsp3) is 0.417. The molecule has 4 heteroatoms. The van der Waals surface area contributed by atoms with Crippen LogP contribution >= 0.6 is 0 Å². The Labute approximate surface area is 94.9 Å². The van der Waals surface area contributed by atoms with Gasteiger partial charge >= 0.3 is 0 Å². The Balaban J connectivity index is 2.80. The number of phenolic OH excluding ortho intramolecular Hbond substituents is 1. The highest BCUT2D eigenvalue weighted by Crippen LogP contribution is 2.15. The first-order valence-electron chi connectivity index (χ1n) is 5.29. The fourth-order valence-electron chi connectivity index (χ4n) is 1.44. The maximum Gasteiger partial charge on any atom is 0.251 e. The van der Waals surface area contributed by atoms with Crippen molar-refractivity contribution in [1.82, 2.24) is 5.32 Å². The van der Waals surface area contributed by atoms with Gasteiger partial charge in [0.25, 0.3) is 5.91 Å². The first-order chi connectivity index (χ1) is 7.58. The molecule has 0 spiro atoms. The van der Waals surface area contributed by atoms with Crippen LogP contribution in [0.1, 0.15) is 29.3 Å². The van der Waals surface area contributed by atoms with E-state index < -0.39 is 0 Å². The molecule has 1 amide bonds. The summed E-state index contributed by atoms with van der Waals surface area (Å²) in [7, 11) is 0. The van der Waals surface area contributed by atoms with Gasteiger partial charge in [-0.2, -0.15) is 0 Å². The minimum Gasteiger partial charge on any atom is -0.508 e. The molecule has 0 radical (unpaired) electrons. The van der Waals surface area contributed by atoms with E-state index in [1.807, 2.05) is 6.92 Å². The van der Waals surface area contributed by atoms with Gasteiger partial charge in [-0.15, -0.1) is 0 Å². The van der Waals surface area contributed by atoms with E-state index >= 15 is 0 Å². The summed E-state index contributed by atoms with van der Waals surface area (Å²) < 4.78 is 0. The van der Waals surface area contributed by atoms with Gasteiger partial charge in [0.05, 0.1) is 12.6 Å². The molecule has 0 fully saturated rings. The van der Waals surface area contributed by atoms with E-state index in [4.69, 9.17) is 5.11 Å². The molecular weight excluding hydrogens is 206 g/mol. The average Bonchev–Trinajstić information content (AvgIpc) is 2.25. The molecule has 0 saturated carbocycles. The molecule has 1 rings (SSSR count). The number of aliphatic hydroxyl groups is 1. The van der Waals surface area contributed by atoms with Crippen LogP contribution in [0, 0.1) is 6.92 Å². The maximum absolute atomic E-state index is 11.8. The summed E-state index contributed by atoms with van der Waals surface area (Å²) in [6.07, 6.45) is 0.680. The highest BCUT2D eigenvalue weighted by molar-refractivity contribution is 5.95. The molecule has 0 bridgehead atoms. The van der Waals surface area contributed by atoms with Crippen LogP contribution in [-0.2, 0) is 0 Å². The number of aliphatic hydroxyl groups excluding tert-OH is 1. The van der Waals surface area contributed by atoms with Gasteiger partial charge in [-0.3, -0.25) is 4.79 Å². The largest absolute Gasteiger partial charge is 0.508 e. The molecular formula is C12H17NO3. The van der Waals surface area contributed by atoms with Crippen molar-refractivity contribution in [1.29, 1.82) is 0 Å².